The summed E-state index contributed by atoms with van der Waals surface area (Å²) in [4.78, 5) is 0. The molecule has 0 N–H and O–H groups in total. The van der Waals surface area contributed by atoms with Gasteiger partial charge in [-0.25, -0.2) is 0 Å². The van der Waals surface area contributed by atoms with E-state index in [1.807, 2.05) is 18.2 Å². The van der Waals surface area contributed by atoms with Gasteiger partial charge in [0.15, 0.2) is 0 Å². The Hall–Kier alpha value is -2.34. The van der Waals surface area contributed by atoms with Gasteiger partial charge in [0.25, 0.3) is 0 Å². The quantitative estimate of drug-likeness (QED) is 0.599. The van der Waals surface area contributed by atoms with Crippen LogP contribution in [0.3, 0.4) is 0 Å². The zero-order chi connectivity index (χ0) is 15.1. The lowest BCUT2D eigenvalue weighted by Crippen LogP contribution is -1.92. The van der Waals surface area contributed by atoms with E-state index in [2.05, 4.69) is 62.2 Å². The van der Waals surface area contributed by atoms with Crippen LogP contribution in [0, 0.1) is 0 Å². The third kappa shape index (κ3) is 4.32. The number of benzene rings is 2. The van der Waals surface area contributed by atoms with Gasteiger partial charge in [0.05, 0.1) is 0 Å². The molecule has 0 heterocycles. The Morgan fingerprint density at radius 2 is 1.14 bits per heavy atom. The van der Waals surface area contributed by atoms with E-state index >= 15 is 0 Å². The van der Waals surface area contributed by atoms with Crippen LogP contribution in [0.25, 0.3) is 18.2 Å². The van der Waals surface area contributed by atoms with E-state index in [0.717, 1.165) is 30.4 Å². The Morgan fingerprint density at radius 3 is 1.67 bits per heavy atom. The van der Waals surface area contributed by atoms with E-state index in [-0.39, 0.29) is 0 Å². The third-order valence-corrected chi connectivity index (χ3v) is 3.66. The number of rotatable bonds is 7. The fourth-order valence-corrected chi connectivity index (χ4v) is 2.44. The molecule has 0 heteroatoms. The molecule has 0 nitrogen and oxygen atoms in total. The maximum Gasteiger partial charge on any atom is -0.0254 e. The fourth-order valence-electron chi connectivity index (χ4n) is 2.44. The lowest BCUT2D eigenvalue weighted by atomic mass is 9.99. The Balaban J connectivity index is 1.97. The van der Waals surface area contributed by atoms with Gasteiger partial charge in [0, 0.05) is 0 Å². The first-order valence-corrected chi connectivity index (χ1v) is 7.35. The molecule has 0 radical (unpaired) electrons. The van der Waals surface area contributed by atoms with E-state index < -0.39 is 0 Å². The summed E-state index contributed by atoms with van der Waals surface area (Å²) in [6, 6.07) is 15.1. The van der Waals surface area contributed by atoms with Gasteiger partial charge in [-0.3, -0.25) is 0 Å². The first-order valence-electron chi connectivity index (χ1n) is 7.35. The maximum absolute atomic E-state index is 3.85. The standard InChI is InChI=1S/C21H22/c1-4-17-10-12-20(13-11-17)8-7-9-21-15-18(5-2)14-19(6-3)16-21/h4-6,10-16H,1-3,7-9H2. The number of hydrogen-bond donors (Lipinski definition) is 0. The van der Waals surface area contributed by atoms with Crippen LogP contribution in [0.15, 0.2) is 62.2 Å². The van der Waals surface area contributed by atoms with E-state index in [1.54, 1.807) is 0 Å². The van der Waals surface area contributed by atoms with Crippen molar-refractivity contribution in [2.24, 2.45) is 0 Å². The second kappa shape index (κ2) is 7.44. The molecule has 2 rings (SSSR count). The van der Waals surface area contributed by atoms with E-state index in [4.69, 9.17) is 0 Å². The van der Waals surface area contributed by atoms with Crippen LogP contribution >= 0.6 is 0 Å². The minimum absolute atomic E-state index is 1.08. The fraction of sp³-hybridized carbons (Fsp3) is 0.143. The molecule has 0 aliphatic rings. The monoisotopic (exact) mass is 274 g/mol. The van der Waals surface area contributed by atoms with Crippen LogP contribution in [0.5, 0.6) is 0 Å². The molecule has 0 saturated heterocycles. The molecule has 0 aliphatic heterocycles. The van der Waals surface area contributed by atoms with Crippen molar-refractivity contribution in [3.8, 4) is 0 Å². The van der Waals surface area contributed by atoms with E-state index in [1.165, 1.54) is 16.7 Å². The highest BCUT2D eigenvalue weighted by molar-refractivity contribution is 5.57. The van der Waals surface area contributed by atoms with Crippen LogP contribution in [0.2, 0.25) is 0 Å². The first-order chi connectivity index (χ1) is 10.2. The average molecular weight is 274 g/mol. The molecule has 0 amide bonds. The molecule has 0 fully saturated rings. The molecule has 2 aromatic rings. The highest BCUT2D eigenvalue weighted by Crippen LogP contribution is 2.16. The summed E-state index contributed by atoms with van der Waals surface area (Å²) >= 11 is 0. The molecule has 2 aromatic carbocycles. The highest BCUT2D eigenvalue weighted by Gasteiger charge is 1.99. The molecule has 0 atom stereocenters. The maximum atomic E-state index is 3.85. The van der Waals surface area contributed by atoms with Crippen molar-refractivity contribution in [2.45, 2.75) is 19.3 Å². The summed E-state index contributed by atoms with van der Waals surface area (Å²) in [6.07, 6.45) is 8.98. The van der Waals surface area contributed by atoms with E-state index in [9.17, 15) is 0 Å². The Bertz CT molecular complexity index is 603. The van der Waals surface area contributed by atoms with Gasteiger partial charge >= 0.3 is 0 Å². The third-order valence-electron chi connectivity index (χ3n) is 3.66. The molecule has 0 aromatic heterocycles. The van der Waals surface area contributed by atoms with Gasteiger partial charge in [-0.05, 0) is 53.1 Å². The van der Waals surface area contributed by atoms with Crippen molar-refractivity contribution in [1.29, 1.82) is 0 Å². The van der Waals surface area contributed by atoms with Gasteiger partial charge in [-0.1, -0.05) is 74.4 Å². The molecule has 0 saturated carbocycles. The normalized spacial score (nSPS) is 10.1. The van der Waals surface area contributed by atoms with Gasteiger partial charge in [-0.15, -0.1) is 0 Å². The topological polar surface area (TPSA) is 0 Å². The minimum Gasteiger partial charge on any atom is -0.0985 e. The van der Waals surface area contributed by atoms with Crippen LogP contribution in [0.4, 0.5) is 0 Å². The van der Waals surface area contributed by atoms with Crippen LogP contribution in [0.1, 0.15) is 34.2 Å². The predicted molar refractivity (Wildman–Crippen MR) is 95.2 cm³/mol. The highest BCUT2D eigenvalue weighted by atomic mass is 14.0. The van der Waals surface area contributed by atoms with Gasteiger partial charge in [0.1, 0.15) is 0 Å². The lowest BCUT2D eigenvalue weighted by molar-refractivity contribution is 0.820. The lowest BCUT2D eigenvalue weighted by Gasteiger charge is -2.06. The first kappa shape index (κ1) is 15.1. The zero-order valence-corrected chi connectivity index (χ0v) is 12.5. The van der Waals surface area contributed by atoms with Crippen molar-refractivity contribution < 1.29 is 0 Å². The predicted octanol–water partition coefficient (Wildman–Crippen LogP) is 5.79. The van der Waals surface area contributed by atoms with Crippen molar-refractivity contribution >= 4 is 18.2 Å². The summed E-state index contributed by atoms with van der Waals surface area (Å²) in [5, 5.41) is 0. The molecule has 0 aliphatic carbocycles. The van der Waals surface area contributed by atoms with Gasteiger partial charge in [-0.2, -0.15) is 0 Å². The summed E-state index contributed by atoms with van der Waals surface area (Å²) in [7, 11) is 0. The minimum atomic E-state index is 1.08. The average Bonchev–Trinajstić information content (AvgIpc) is 2.55. The van der Waals surface area contributed by atoms with Crippen LogP contribution in [-0.4, -0.2) is 0 Å². The Morgan fingerprint density at radius 1 is 0.619 bits per heavy atom. The van der Waals surface area contributed by atoms with Gasteiger partial charge < -0.3 is 0 Å². The molecular formula is C21H22. The number of aryl methyl sites for hydroxylation is 2. The van der Waals surface area contributed by atoms with Crippen LogP contribution < -0.4 is 0 Å². The molecule has 0 spiro atoms. The SMILES string of the molecule is C=Cc1ccc(CCCc2cc(C=C)cc(C=C)c2)cc1. The molecule has 106 valence electrons. The summed E-state index contributed by atoms with van der Waals surface area (Å²) < 4.78 is 0. The smallest absolute Gasteiger partial charge is 0.0254 e. The van der Waals surface area contributed by atoms with Crippen molar-refractivity contribution in [1.82, 2.24) is 0 Å². The van der Waals surface area contributed by atoms with E-state index in [0.29, 0.717) is 0 Å². The second-order valence-electron chi connectivity index (χ2n) is 5.22. The van der Waals surface area contributed by atoms with Crippen molar-refractivity contribution in [3.05, 3.63) is 90.0 Å². The second-order valence-corrected chi connectivity index (χ2v) is 5.22. The Labute approximate surface area is 128 Å². The van der Waals surface area contributed by atoms with Crippen molar-refractivity contribution in [3.63, 3.8) is 0 Å². The van der Waals surface area contributed by atoms with Crippen LogP contribution in [-0.2, 0) is 12.8 Å². The molecule has 21 heavy (non-hydrogen) atoms. The summed E-state index contributed by atoms with van der Waals surface area (Å²) in [5.41, 5.74) is 6.23. The van der Waals surface area contributed by atoms with Gasteiger partial charge in [0.2, 0.25) is 0 Å². The Kier molecular flexibility index (Phi) is 5.34. The zero-order valence-electron chi connectivity index (χ0n) is 12.5. The van der Waals surface area contributed by atoms with Crippen molar-refractivity contribution in [2.75, 3.05) is 0 Å². The summed E-state index contributed by atoms with van der Waals surface area (Å²) in [5.74, 6) is 0. The number of hydrogen-bond acceptors (Lipinski definition) is 0. The molecular weight excluding hydrogens is 252 g/mol. The molecule has 0 bridgehead atoms. The summed E-state index contributed by atoms with van der Waals surface area (Å²) in [6.45, 7) is 11.5. The molecule has 0 unspecified atom stereocenters. The largest absolute Gasteiger partial charge is 0.0985 e.